The molecule has 1 heterocycles. The van der Waals surface area contributed by atoms with E-state index < -0.39 is 0 Å². The molecule has 1 fully saturated rings. The van der Waals surface area contributed by atoms with Gasteiger partial charge in [-0.2, -0.15) is 0 Å². The third kappa shape index (κ3) is 3.35. The molecular weight excluding hydrogens is 255 g/mol. The smallest absolute Gasteiger partial charge is 0.0452 e. The fourth-order valence-corrected chi connectivity index (χ4v) is 2.67. The molecule has 4 heteroatoms. The summed E-state index contributed by atoms with van der Waals surface area (Å²) in [6.07, 6.45) is 1.16. The van der Waals surface area contributed by atoms with E-state index in [9.17, 15) is 0 Å². The Morgan fingerprint density at radius 3 is 3.00 bits per heavy atom. The zero-order valence-corrected chi connectivity index (χ0v) is 11.6. The highest BCUT2D eigenvalue weighted by Crippen LogP contribution is 2.23. The molecule has 1 aliphatic heterocycles. The van der Waals surface area contributed by atoms with Crippen LogP contribution in [0.2, 0.25) is 10.0 Å². The van der Waals surface area contributed by atoms with Gasteiger partial charge in [-0.3, -0.25) is 4.90 Å². The lowest BCUT2D eigenvalue weighted by atomic mass is 10.1. The molecule has 1 atom stereocenters. The molecule has 0 aliphatic carbocycles. The van der Waals surface area contributed by atoms with E-state index in [1.165, 1.54) is 0 Å². The van der Waals surface area contributed by atoms with Crippen molar-refractivity contribution in [2.75, 3.05) is 19.6 Å². The number of hydrogen-bond acceptors (Lipinski definition) is 2. The van der Waals surface area contributed by atoms with Gasteiger partial charge in [-0.25, -0.2) is 0 Å². The summed E-state index contributed by atoms with van der Waals surface area (Å²) in [6.45, 7) is 6.30. The maximum atomic E-state index is 6.21. The van der Waals surface area contributed by atoms with E-state index in [0.29, 0.717) is 6.04 Å². The molecule has 1 aliphatic rings. The van der Waals surface area contributed by atoms with E-state index in [2.05, 4.69) is 17.1 Å². The lowest BCUT2D eigenvalue weighted by molar-refractivity contribution is 0.149. The molecule has 1 aromatic rings. The molecule has 0 bridgehead atoms. The average Bonchev–Trinajstić information content (AvgIpc) is 2.34. The first-order chi connectivity index (χ1) is 8.20. The molecule has 2 rings (SSSR count). The van der Waals surface area contributed by atoms with Crippen molar-refractivity contribution in [3.63, 3.8) is 0 Å². The van der Waals surface area contributed by atoms with Crippen LogP contribution in [0.15, 0.2) is 18.2 Å². The molecule has 1 unspecified atom stereocenters. The molecule has 0 spiro atoms. The molecule has 0 radical (unpaired) electrons. The molecular formula is C13H18Cl2N2. The third-order valence-corrected chi connectivity index (χ3v) is 3.93. The number of nitrogens with one attached hydrogen (secondary N) is 1. The second-order valence-corrected chi connectivity index (χ2v) is 5.32. The summed E-state index contributed by atoms with van der Waals surface area (Å²) in [6, 6.07) is 6.28. The van der Waals surface area contributed by atoms with E-state index in [-0.39, 0.29) is 0 Å². The van der Waals surface area contributed by atoms with Crippen LogP contribution in [-0.4, -0.2) is 30.6 Å². The van der Waals surface area contributed by atoms with Crippen LogP contribution in [0.3, 0.4) is 0 Å². The minimum Gasteiger partial charge on any atom is -0.314 e. The largest absolute Gasteiger partial charge is 0.314 e. The Morgan fingerprint density at radius 2 is 2.24 bits per heavy atom. The van der Waals surface area contributed by atoms with Crippen LogP contribution in [0.25, 0.3) is 0 Å². The second kappa shape index (κ2) is 6.05. The van der Waals surface area contributed by atoms with Gasteiger partial charge in [-0.05, 0) is 30.2 Å². The van der Waals surface area contributed by atoms with Crippen molar-refractivity contribution in [1.29, 1.82) is 0 Å². The first kappa shape index (κ1) is 13.2. The van der Waals surface area contributed by atoms with Gasteiger partial charge in [0.15, 0.2) is 0 Å². The Bertz CT molecular complexity index is 382. The number of benzene rings is 1. The lowest BCUT2D eigenvalue weighted by Crippen LogP contribution is -2.50. The maximum Gasteiger partial charge on any atom is 0.0452 e. The Kier molecular flexibility index (Phi) is 4.69. The number of piperazine rings is 1. The average molecular weight is 273 g/mol. The standard InChI is InChI=1S/C13H18Cl2N2/c1-2-12-8-16-5-6-17(12)9-10-7-11(14)3-4-13(10)15/h3-4,7,12,16H,2,5-6,8-9H2,1H3. The van der Waals surface area contributed by atoms with Crippen LogP contribution in [0.5, 0.6) is 0 Å². The lowest BCUT2D eigenvalue weighted by Gasteiger charge is -2.35. The quantitative estimate of drug-likeness (QED) is 0.910. The maximum absolute atomic E-state index is 6.21. The Balaban J connectivity index is 2.10. The predicted molar refractivity (Wildman–Crippen MR) is 73.8 cm³/mol. The zero-order valence-electron chi connectivity index (χ0n) is 10.0. The Morgan fingerprint density at radius 1 is 1.41 bits per heavy atom. The van der Waals surface area contributed by atoms with Gasteiger partial charge in [-0.15, -0.1) is 0 Å². The first-order valence-electron chi connectivity index (χ1n) is 6.09. The molecule has 1 N–H and O–H groups in total. The topological polar surface area (TPSA) is 15.3 Å². The SMILES string of the molecule is CCC1CNCCN1Cc1cc(Cl)ccc1Cl. The van der Waals surface area contributed by atoms with Gasteiger partial charge in [0.1, 0.15) is 0 Å². The van der Waals surface area contributed by atoms with E-state index in [1.54, 1.807) is 0 Å². The summed E-state index contributed by atoms with van der Waals surface area (Å²) >= 11 is 12.2. The highest BCUT2D eigenvalue weighted by molar-refractivity contribution is 6.33. The zero-order chi connectivity index (χ0) is 12.3. The van der Waals surface area contributed by atoms with Crippen molar-refractivity contribution in [2.45, 2.75) is 25.9 Å². The summed E-state index contributed by atoms with van der Waals surface area (Å²) in [7, 11) is 0. The summed E-state index contributed by atoms with van der Waals surface area (Å²) in [4.78, 5) is 2.48. The molecule has 1 saturated heterocycles. The van der Waals surface area contributed by atoms with Gasteiger partial charge < -0.3 is 5.32 Å². The number of nitrogens with zero attached hydrogens (tertiary/aromatic N) is 1. The van der Waals surface area contributed by atoms with Crippen LogP contribution in [0, 0.1) is 0 Å². The summed E-state index contributed by atoms with van der Waals surface area (Å²) in [5.74, 6) is 0. The van der Waals surface area contributed by atoms with Gasteiger partial charge in [0, 0.05) is 42.3 Å². The highest BCUT2D eigenvalue weighted by Gasteiger charge is 2.21. The first-order valence-corrected chi connectivity index (χ1v) is 6.85. The van der Waals surface area contributed by atoms with Gasteiger partial charge >= 0.3 is 0 Å². The molecule has 2 nitrogen and oxygen atoms in total. The minimum atomic E-state index is 0.596. The van der Waals surface area contributed by atoms with E-state index in [0.717, 1.165) is 48.2 Å². The summed E-state index contributed by atoms with van der Waals surface area (Å²) in [5, 5.41) is 4.99. The molecule has 1 aromatic carbocycles. The van der Waals surface area contributed by atoms with Crippen LogP contribution in [-0.2, 0) is 6.54 Å². The summed E-state index contributed by atoms with van der Waals surface area (Å²) in [5.41, 5.74) is 1.12. The van der Waals surface area contributed by atoms with Crippen molar-refractivity contribution in [3.8, 4) is 0 Å². The van der Waals surface area contributed by atoms with Gasteiger partial charge in [-0.1, -0.05) is 30.1 Å². The van der Waals surface area contributed by atoms with Gasteiger partial charge in [0.05, 0.1) is 0 Å². The minimum absolute atomic E-state index is 0.596. The van der Waals surface area contributed by atoms with Crippen molar-refractivity contribution < 1.29 is 0 Å². The van der Waals surface area contributed by atoms with Crippen LogP contribution in [0.4, 0.5) is 0 Å². The van der Waals surface area contributed by atoms with Crippen molar-refractivity contribution in [2.24, 2.45) is 0 Å². The van der Waals surface area contributed by atoms with E-state index >= 15 is 0 Å². The van der Waals surface area contributed by atoms with Crippen molar-refractivity contribution in [1.82, 2.24) is 10.2 Å². The van der Waals surface area contributed by atoms with Gasteiger partial charge in [0.25, 0.3) is 0 Å². The number of halogens is 2. The fourth-order valence-electron chi connectivity index (χ4n) is 2.30. The Hall–Kier alpha value is -0.280. The second-order valence-electron chi connectivity index (χ2n) is 4.47. The van der Waals surface area contributed by atoms with Crippen molar-refractivity contribution in [3.05, 3.63) is 33.8 Å². The van der Waals surface area contributed by atoms with Crippen LogP contribution in [0.1, 0.15) is 18.9 Å². The number of rotatable bonds is 3. The van der Waals surface area contributed by atoms with E-state index in [4.69, 9.17) is 23.2 Å². The van der Waals surface area contributed by atoms with Crippen LogP contribution < -0.4 is 5.32 Å². The third-order valence-electron chi connectivity index (χ3n) is 3.32. The Labute approximate surface area is 113 Å². The fraction of sp³-hybridized carbons (Fsp3) is 0.538. The molecule has 0 aromatic heterocycles. The molecule has 0 saturated carbocycles. The van der Waals surface area contributed by atoms with E-state index in [1.807, 2.05) is 18.2 Å². The normalized spacial score (nSPS) is 21.7. The molecule has 0 amide bonds. The number of hydrogen-bond donors (Lipinski definition) is 1. The molecule has 94 valence electrons. The van der Waals surface area contributed by atoms with Crippen LogP contribution >= 0.6 is 23.2 Å². The van der Waals surface area contributed by atoms with Crippen molar-refractivity contribution >= 4 is 23.2 Å². The predicted octanol–water partition coefficient (Wildman–Crippen LogP) is 3.18. The van der Waals surface area contributed by atoms with Gasteiger partial charge in [0.2, 0.25) is 0 Å². The molecule has 17 heavy (non-hydrogen) atoms. The summed E-state index contributed by atoms with van der Waals surface area (Å²) < 4.78 is 0. The highest BCUT2D eigenvalue weighted by atomic mass is 35.5. The monoisotopic (exact) mass is 272 g/mol.